The van der Waals surface area contributed by atoms with Crippen molar-refractivity contribution in [3.8, 4) is 5.88 Å². The zero-order valence-electron chi connectivity index (χ0n) is 11.6. The topological polar surface area (TPSA) is 94.3 Å². The third-order valence-corrected chi connectivity index (χ3v) is 5.58. The molecule has 2 heterocycles. The fourth-order valence-corrected chi connectivity index (χ4v) is 3.94. The Morgan fingerprint density at radius 3 is 2.95 bits per heavy atom. The Balaban J connectivity index is 1.99. The lowest BCUT2D eigenvalue weighted by Crippen LogP contribution is -2.25. The van der Waals surface area contributed by atoms with Crippen LogP contribution in [0.3, 0.4) is 0 Å². The molecule has 0 aliphatic carbocycles. The lowest BCUT2D eigenvalue weighted by molar-refractivity contribution is 0.307. The Labute approximate surface area is 119 Å². The van der Waals surface area contributed by atoms with Gasteiger partial charge in [0.15, 0.2) is 9.84 Å². The molecular formula is C13H21N3O3S. The lowest BCUT2D eigenvalue weighted by atomic mass is 10.2. The third kappa shape index (κ3) is 3.53. The molecular weight excluding hydrogens is 278 g/mol. The van der Waals surface area contributed by atoms with Crippen LogP contribution in [0, 0.1) is 0 Å². The van der Waals surface area contributed by atoms with Gasteiger partial charge in [0, 0.05) is 6.54 Å². The number of pyridine rings is 1. The van der Waals surface area contributed by atoms with E-state index in [2.05, 4.69) is 10.3 Å². The van der Waals surface area contributed by atoms with Crippen molar-refractivity contribution >= 4 is 21.3 Å². The highest BCUT2D eigenvalue weighted by Gasteiger charge is 2.30. The van der Waals surface area contributed by atoms with Gasteiger partial charge in [-0.25, -0.2) is 8.42 Å². The second-order valence-corrected chi connectivity index (χ2v) is 7.35. The van der Waals surface area contributed by atoms with Crippen LogP contribution < -0.4 is 15.8 Å². The molecule has 1 saturated heterocycles. The van der Waals surface area contributed by atoms with Gasteiger partial charge in [0.2, 0.25) is 5.88 Å². The highest BCUT2D eigenvalue weighted by atomic mass is 32.2. The molecule has 1 aromatic heterocycles. The van der Waals surface area contributed by atoms with Crippen molar-refractivity contribution in [3.63, 3.8) is 0 Å². The molecule has 2 rings (SSSR count). The van der Waals surface area contributed by atoms with Gasteiger partial charge >= 0.3 is 0 Å². The molecule has 1 aromatic rings. The summed E-state index contributed by atoms with van der Waals surface area (Å²) >= 11 is 0. The number of aromatic nitrogens is 1. The zero-order chi connectivity index (χ0) is 14.6. The average Bonchev–Trinajstić information content (AvgIpc) is 2.75. The molecule has 0 spiro atoms. The van der Waals surface area contributed by atoms with Gasteiger partial charge in [0.1, 0.15) is 5.82 Å². The summed E-state index contributed by atoms with van der Waals surface area (Å²) in [5.74, 6) is 1.28. The Morgan fingerprint density at radius 1 is 1.50 bits per heavy atom. The van der Waals surface area contributed by atoms with E-state index in [4.69, 9.17) is 10.5 Å². The van der Waals surface area contributed by atoms with Crippen LogP contribution in [0.15, 0.2) is 12.1 Å². The predicted molar refractivity (Wildman–Crippen MR) is 79.7 cm³/mol. The van der Waals surface area contributed by atoms with E-state index in [0.717, 1.165) is 12.8 Å². The Hall–Kier alpha value is -1.50. The molecule has 0 saturated carbocycles. The second kappa shape index (κ2) is 6.30. The maximum absolute atomic E-state index is 11.7. The molecule has 6 nitrogen and oxygen atoms in total. The molecule has 1 atom stereocenters. The maximum atomic E-state index is 11.7. The molecule has 0 amide bonds. The molecule has 20 heavy (non-hydrogen) atoms. The first-order valence-electron chi connectivity index (χ1n) is 6.87. The quantitative estimate of drug-likeness (QED) is 0.825. The van der Waals surface area contributed by atoms with Crippen LogP contribution in [0.25, 0.3) is 0 Å². The number of rotatable bonds is 6. The number of hydrogen-bond acceptors (Lipinski definition) is 6. The van der Waals surface area contributed by atoms with Crippen LogP contribution in [0.5, 0.6) is 5.88 Å². The van der Waals surface area contributed by atoms with Crippen molar-refractivity contribution in [2.45, 2.75) is 31.4 Å². The van der Waals surface area contributed by atoms with Gasteiger partial charge in [-0.1, -0.05) is 6.92 Å². The first-order chi connectivity index (χ1) is 9.53. The largest absolute Gasteiger partial charge is 0.476 e. The number of anilines is 2. The number of hydrogen-bond donors (Lipinski definition) is 2. The number of sulfone groups is 1. The van der Waals surface area contributed by atoms with Gasteiger partial charge in [0.05, 0.1) is 23.3 Å². The molecule has 7 heteroatoms. The monoisotopic (exact) mass is 299 g/mol. The number of nitrogens with zero attached hydrogens (tertiary/aromatic N) is 1. The molecule has 0 aromatic carbocycles. The highest BCUT2D eigenvalue weighted by molar-refractivity contribution is 7.92. The molecule has 0 bridgehead atoms. The SMILES string of the molecule is CCCOc1nc(NCC2CCCS2(=O)=O)ccc1N. The van der Waals surface area contributed by atoms with Crippen molar-refractivity contribution in [1.29, 1.82) is 0 Å². The van der Waals surface area contributed by atoms with E-state index < -0.39 is 9.84 Å². The van der Waals surface area contributed by atoms with E-state index in [-0.39, 0.29) is 5.25 Å². The summed E-state index contributed by atoms with van der Waals surface area (Å²) in [6, 6.07) is 3.44. The Kier molecular flexibility index (Phi) is 4.69. The molecule has 3 N–H and O–H groups in total. The van der Waals surface area contributed by atoms with E-state index in [1.54, 1.807) is 12.1 Å². The molecule has 1 aliphatic rings. The summed E-state index contributed by atoms with van der Waals surface area (Å²) in [6.45, 7) is 2.94. The van der Waals surface area contributed by atoms with Crippen LogP contribution in [0.1, 0.15) is 26.2 Å². The number of ether oxygens (including phenoxy) is 1. The maximum Gasteiger partial charge on any atom is 0.239 e. The van der Waals surface area contributed by atoms with Gasteiger partial charge in [-0.05, 0) is 31.4 Å². The van der Waals surface area contributed by atoms with Gasteiger partial charge < -0.3 is 15.8 Å². The predicted octanol–water partition coefficient (Wildman–Crippen LogP) is 1.44. The van der Waals surface area contributed by atoms with Crippen molar-refractivity contribution in [1.82, 2.24) is 4.98 Å². The van der Waals surface area contributed by atoms with E-state index in [1.807, 2.05) is 6.92 Å². The normalized spacial score (nSPS) is 20.8. The number of nitrogen functional groups attached to an aromatic ring is 1. The first kappa shape index (κ1) is 14.9. The van der Waals surface area contributed by atoms with Crippen molar-refractivity contribution in [2.75, 3.05) is 30.0 Å². The standard InChI is InChI=1S/C13H21N3O3S/c1-2-7-19-13-11(14)5-6-12(16-13)15-9-10-4-3-8-20(10,17)18/h5-6,10H,2-4,7-9,14H2,1H3,(H,15,16). The van der Waals surface area contributed by atoms with E-state index in [0.29, 0.717) is 42.7 Å². The van der Waals surface area contributed by atoms with E-state index >= 15 is 0 Å². The highest BCUT2D eigenvalue weighted by Crippen LogP contribution is 2.23. The van der Waals surface area contributed by atoms with E-state index in [9.17, 15) is 8.42 Å². The van der Waals surface area contributed by atoms with Gasteiger partial charge in [-0.3, -0.25) is 0 Å². The Morgan fingerprint density at radius 2 is 2.30 bits per heavy atom. The van der Waals surface area contributed by atoms with Crippen LogP contribution in [-0.2, 0) is 9.84 Å². The number of nitrogens with two attached hydrogens (primary N) is 1. The average molecular weight is 299 g/mol. The molecule has 0 radical (unpaired) electrons. The summed E-state index contributed by atoms with van der Waals surface area (Å²) < 4.78 is 28.9. The molecule has 1 fully saturated rings. The van der Waals surface area contributed by atoms with Crippen molar-refractivity contribution in [2.24, 2.45) is 0 Å². The van der Waals surface area contributed by atoms with Crippen LogP contribution in [-0.4, -0.2) is 37.6 Å². The van der Waals surface area contributed by atoms with Crippen molar-refractivity contribution in [3.05, 3.63) is 12.1 Å². The van der Waals surface area contributed by atoms with Crippen LogP contribution >= 0.6 is 0 Å². The first-order valence-corrected chi connectivity index (χ1v) is 8.59. The summed E-state index contributed by atoms with van der Waals surface area (Å²) in [5.41, 5.74) is 6.26. The summed E-state index contributed by atoms with van der Waals surface area (Å²) in [4.78, 5) is 4.27. The zero-order valence-corrected chi connectivity index (χ0v) is 12.4. The minimum atomic E-state index is -2.94. The molecule has 112 valence electrons. The molecule has 1 unspecified atom stereocenters. The fourth-order valence-electron chi connectivity index (χ4n) is 2.17. The summed E-state index contributed by atoms with van der Waals surface area (Å²) in [5, 5.41) is 2.74. The summed E-state index contributed by atoms with van der Waals surface area (Å²) in [6.07, 6.45) is 2.33. The summed E-state index contributed by atoms with van der Waals surface area (Å²) in [7, 11) is -2.94. The van der Waals surface area contributed by atoms with Crippen molar-refractivity contribution < 1.29 is 13.2 Å². The third-order valence-electron chi connectivity index (χ3n) is 3.31. The van der Waals surface area contributed by atoms with Gasteiger partial charge in [-0.2, -0.15) is 4.98 Å². The Bertz CT molecular complexity index is 560. The molecule has 1 aliphatic heterocycles. The second-order valence-electron chi connectivity index (χ2n) is 4.95. The number of nitrogens with one attached hydrogen (secondary N) is 1. The fraction of sp³-hybridized carbons (Fsp3) is 0.615. The lowest BCUT2D eigenvalue weighted by Gasteiger charge is -2.13. The minimum Gasteiger partial charge on any atom is -0.476 e. The smallest absolute Gasteiger partial charge is 0.239 e. The van der Waals surface area contributed by atoms with E-state index in [1.165, 1.54) is 0 Å². The van der Waals surface area contributed by atoms with Gasteiger partial charge in [0.25, 0.3) is 0 Å². The van der Waals surface area contributed by atoms with Crippen LogP contribution in [0.4, 0.5) is 11.5 Å². The minimum absolute atomic E-state index is 0.291. The van der Waals surface area contributed by atoms with Crippen LogP contribution in [0.2, 0.25) is 0 Å². The van der Waals surface area contributed by atoms with Gasteiger partial charge in [-0.15, -0.1) is 0 Å².